The lowest BCUT2D eigenvalue weighted by atomic mass is 10.1. The number of halogens is 3. The van der Waals surface area contributed by atoms with E-state index < -0.39 is 5.82 Å². The summed E-state index contributed by atoms with van der Waals surface area (Å²) in [6.07, 6.45) is 1.26. The van der Waals surface area contributed by atoms with Crippen molar-refractivity contribution in [3.63, 3.8) is 0 Å². The molecule has 0 atom stereocenters. The summed E-state index contributed by atoms with van der Waals surface area (Å²) in [5.41, 5.74) is 6.17. The van der Waals surface area contributed by atoms with E-state index in [1.54, 1.807) is 18.2 Å². The van der Waals surface area contributed by atoms with Gasteiger partial charge in [0.15, 0.2) is 5.82 Å². The van der Waals surface area contributed by atoms with Crippen molar-refractivity contribution in [1.29, 1.82) is 0 Å². The summed E-state index contributed by atoms with van der Waals surface area (Å²) in [5, 5.41) is 0.833. The Hall–Kier alpha value is -1.23. The van der Waals surface area contributed by atoms with E-state index in [9.17, 15) is 4.39 Å². The van der Waals surface area contributed by atoms with Gasteiger partial charge in [-0.1, -0.05) is 23.2 Å². The molecule has 0 fully saturated rings. The highest BCUT2D eigenvalue weighted by molar-refractivity contribution is 6.35. The Kier molecular flexibility index (Phi) is 3.57. The topological polar surface area (TPSA) is 51.8 Å². The first-order valence-corrected chi connectivity index (χ1v) is 5.53. The molecule has 3 nitrogen and oxygen atoms in total. The smallest absolute Gasteiger partial charge is 0.172 e. The Morgan fingerprint density at radius 2 is 1.76 bits per heavy atom. The molecule has 0 amide bonds. The zero-order chi connectivity index (χ0) is 12.4. The molecule has 0 radical (unpaired) electrons. The van der Waals surface area contributed by atoms with E-state index >= 15 is 0 Å². The fourth-order valence-electron chi connectivity index (χ4n) is 1.44. The number of hydrogen-bond acceptors (Lipinski definition) is 3. The van der Waals surface area contributed by atoms with Crippen LogP contribution in [-0.4, -0.2) is 9.97 Å². The van der Waals surface area contributed by atoms with Crippen LogP contribution >= 0.6 is 23.2 Å². The minimum absolute atomic E-state index is 0.00957. The average molecular weight is 272 g/mol. The van der Waals surface area contributed by atoms with Crippen LogP contribution < -0.4 is 5.73 Å². The molecular weight excluding hydrogens is 264 g/mol. The van der Waals surface area contributed by atoms with Crippen LogP contribution in [-0.2, 0) is 6.54 Å². The molecule has 0 saturated carbocycles. The van der Waals surface area contributed by atoms with Gasteiger partial charge < -0.3 is 5.73 Å². The van der Waals surface area contributed by atoms with Crippen LogP contribution in [0.5, 0.6) is 0 Å². The minimum atomic E-state index is -0.548. The van der Waals surface area contributed by atoms with Crippen molar-refractivity contribution < 1.29 is 4.39 Å². The highest BCUT2D eigenvalue weighted by Gasteiger charge is 2.12. The molecule has 0 bridgehead atoms. The third-order valence-corrected chi connectivity index (χ3v) is 2.63. The summed E-state index contributed by atoms with van der Waals surface area (Å²) in [7, 11) is 0. The van der Waals surface area contributed by atoms with Crippen LogP contribution in [0.15, 0.2) is 24.5 Å². The van der Waals surface area contributed by atoms with Crippen molar-refractivity contribution in [3.8, 4) is 11.3 Å². The van der Waals surface area contributed by atoms with Gasteiger partial charge >= 0.3 is 0 Å². The molecule has 2 aromatic rings. The summed E-state index contributed by atoms with van der Waals surface area (Å²) in [4.78, 5) is 7.63. The Bertz CT molecular complexity index is 540. The predicted octanol–water partition coefficient (Wildman–Crippen LogP) is 3.05. The molecule has 1 heterocycles. The zero-order valence-electron chi connectivity index (χ0n) is 8.62. The first-order valence-electron chi connectivity index (χ1n) is 4.77. The van der Waals surface area contributed by atoms with E-state index in [-0.39, 0.29) is 17.9 Å². The molecule has 2 N–H and O–H groups in total. The van der Waals surface area contributed by atoms with Gasteiger partial charge in [0.1, 0.15) is 12.0 Å². The van der Waals surface area contributed by atoms with Gasteiger partial charge in [0, 0.05) is 22.2 Å². The van der Waals surface area contributed by atoms with Gasteiger partial charge in [0.25, 0.3) is 0 Å². The van der Waals surface area contributed by atoms with E-state index in [0.29, 0.717) is 15.6 Å². The maximum absolute atomic E-state index is 13.9. The maximum atomic E-state index is 13.9. The first kappa shape index (κ1) is 12.2. The number of benzene rings is 1. The Morgan fingerprint density at radius 1 is 1.12 bits per heavy atom. The summed E-state index contributed by atoms with van der Waals surface area (Å²) in [6.45, 7) is 0.00957. The van der Waals surface area contributed by atoms with E-state index in [2.05, 4.69) is 9.97 Å². The summed E-state index contributed by atoms with van der Waals surface area (Å²) in [6, 6.07) is 4.73. The third kappa shape index (κ3) is 2.54. The van der Waals surface area contributed by atoms with Crippen LogP contribution in [0, 0.1) is 5.82 Å². The summed E-state index contributed by atoms with van der Waals surface area (Å²) in [5.74, 6) is -0.548. The molecule has 1 aromatic heterocycles. The Balaban J connectivity index is 2.60. The second kappa shape index (κ2) is 4.96. The lowest BCUT2D eigenvalue weighted by molar-refractivity contribution is 0.596. The van der Waals surface area contributed by atoms with Gasteiger partial charge in [-0.15, -0.1) is 0 Å². The van der Waals surface area contributed by atoms with Crippen LogP contribution in [0.4, 0.5) is 4.39 Å². The Morgan fingerprint density at radius 3 is 2.35 bits per heavy atom. The minimum Gasteiger partial charge on any atom is -0.325 e. The van der Waals surface area contributed by atoms with E-state index in [1.165, 1.54) is 6.33 Å². The van der Waals surface area contributed by atoms with Gasteiger partial charge in [-0.2, -0.15) is 0 Å². The van der Waals surface area contributed by atoms with Gasteiger partial charge in [0.2, 0.25) is 0 Å². The molecule has 88 valence electrons. The van der Waals surface area contributed by atoms with E-state index in [0.717, 1.165) is 0 Å². The van der Waals surface area contributed by atoms with Crippen molar-refractivity contribution in [2.24, 2.45) is 5.73 Å². The third-order valence-electron chi connectivity index (χ3n) is 2.19. The fraction of sp³-hybridized carbons (Fsp3) is 0.0909. The molecule has 0 aliphatic rings. The van der Waals surface area contributed by atoms with Crippen LogP contribution in [0.25, 0.3) is 11.3 Å². The maximum Gasteiger partial charge on any atom is 0.172 e. The SMILES string of the molecule is NCc1ncnc(-c2cc(Cl)cc(Cl)c2)c1F. The van der Waals surface area contributed by atoms with Crippen LogP contribution in [0.3, 0.4) is 0 Å². The highest BCUT2D eigenvalue weighted by atomic mass is 35.5. The van der Waals surface area contributed by atoms with Crippen LogP contribution in [0.1, 0.15) is 5.69 Å². The van der Waals surface area contributed by atoms with Gasteiger partial charge in [-0.25, -0.2) is 14.4 Å². The molecule has 17 heavy (non-hydrogen) atoms. The lowest BCUT2D eigenvalue weighted by Crippen LogP contribution is -2.05. The van der Waals surface area contributed by atoms with Crippen molar-refractivity contribution in [1.82, 2.24) is 9.97 Å². The quantitative estimate of drug-likeness (QED) is 0.914. The monoisotopic (exact) mass is 271 g/mol. The lowest BCUT2D eigenvalue weighted by Gasteiger charge is -2.06. The number of aromatic nitrogens is 2. The fourth-order valence-corrected chi connectivity index (χ4v) is 1.97. The van der Waals surface area contributed by atoms with Crippen LogP contribution in [0.2, 0.25) is 10.0 Å². The normalized spacial score (nSPS) is 10.6. The molecule has 0 saturated heterocycles. The van der Waals surface area contributed by atoms with Gasteiger partial charge in [-0.3, -0.25) is 0 Å². The molecule has 0 aliphatic heterocycles. The van der Waals surface area contributed by atoms with Gasteiger partial charge in [0.05, 0.1) is 5.69 Å². The second-order valence-corrected chi connectivity index (χ2v) is 4.22. The molecule has 6 heteroatoms. The molecule has 2 rings (SSSR count). The summed E-state index contributed by atoms with van der Waals surface area (Å²) < 4.78 is 13.9. The van der Waals surface area contributed by atoms with Crippen molar-refractivity contribution in [3.05, 3.63) is 46.1 Å². The summed E-state index contributed by atoms with van der Waals surface area (Å²) >= 11 is 11.7. The van der Waals surface area contributed by atoms with E-state index in [1.807, 2.05) is 0 Å². The molecule has 0 spiro atoms. The number of rotatable bonds is 2. The number of hydrogen-bond donors (Lipinski definition) is 1. The second-order valence-electron chi connectivity index (χ2n) is 3.35. The van der Waals surface area contributed by atoms with Crippen molar-refractivity contribution in [2.45, 2.75) is 6.54 Å². The zero-order valence-corrected chi connectivity index (χ0v) is 10.1. The highest BCUT2D eigenvalue weighted by Crippen LogP contribution is 2.27. The number of nitrogens with zero attached hydrogens (tertiary/aromatic N) is 2. The molecule has 0 aliphatic carbocycles. The predicted molar refractivity (Wildman–Crippen MR) is 65.3 cm³/mol. The standard InChI is InChI=1S/C11H8Cl2FN3/c12-7-1-6(2-8(13)3-7)11-10(14)9(4-15)16-5-17-11/h1-3,5H,4,15H2. The molecule has 0 unspecified atom stereocenters. The first-order chi connectivity index (χ1) is 8.11. The average Bonchev–Trinajstić information content (AvgIpc) is 2.28. The molecular formula is C11H8Cl2FN3. The van der Waals surface area contributed by atoms with E-state index in [4.69, 9.17) is 28.9 Å². The van der Waals surface area contributed by atoms with Gasteiger partial charge in [-0.05, 0) is 18.2 Å². The Labute approximate surface area is 107 Å². The van der Waals surface area contributed by atoms with Crippen molar-refractivity contribution >= 4 is 23.2 Å². The molecule has 1 aromatic carbocycles. The van der Waals surface area contributed by atoms with Crippen molar-refractivity contribution in [2.75, 3.05) is 0 Å². The number of nitrogens with two attached hydrogens (primary N) is 1. The largest absolute Gasteiger partial charge is 0.325 e.